The van der Waals surface area contributed by atoms with Gasteiger partial charge in [0.15, 0.2) is 0 Å². The topological polar surface area (TPSA) is 84.2 Å². The molecule has 0 unspecified atom stereocenters. The van der Waals surface area contributed by atoms with Crippen molar-refractivity contribution in [2.75, 3.05) is 10.6 Å². The summed E-state index contributed by atoms with van der Waals surface area (Å²) in [6.07, 6.45) is 1.12. The Morgan fingerprint density at radius 2 is 1.43 bits per heavy atom. The van der Waals surface area contributed by atoms with Gasteiger partial charge in [0, 0.05) is 17.8 Å². The number of hydrogen-bond donors (Lipinski definition) is 3. The van der Waals surface area contributed by atoms with Gasteiger partial charge in [-0.3, -0.25) is 4.79 Å². The van der Waals surface area contributed by atoms with E-state index in [9.17, 15) is 9.59 Å². The van der Waals surface area contributed by atoms with E-state index in [1.165, 1.54) is 0 Å². The van der Waals surface area contributed by atoms with Crippen molar-refractivity contribution in [2.24, 2.45) is 5.73 Å². The maximum Gasteiger partial charge on any atom is 0.316 e. The van der Waals surface area contributed by atoms with Crippen LogP contribution in [0.2, 0.25) is 0 Å². The minimum absolute atomic E-state index is 0.0468. The second kappa shape index (κ2) is 7.09. The molecule has 0 aliphatic rings. The lowest BCUT2D eigenvalue weighted by Gasteiger charge is -2.07. The van der Waals surface area contributed by atoms with Crippen LogP contribution in [0.5, 0.6) is 0 Å². The van der Waals surface area contributed by atoms with Crippen LogP contribution in [-0.2, 0) is 11.2 Å². The van der Waals surface area contributed by atoms with Crippen molar-refractivity contribution in [3.63, 3.8) is 0 Å². The molecular formula is C16H17N3O2. The normalized spacial score (nSPS) is 9.90. The molecule has 0 bridgehead atoms. The van der Waals surface area contributed by atoms with Crippen molar-refractivity contribution in [1.29, 1.82) is 0 Å². The van der Waals surface area contributed by atoms with E-state index in [1.54, 1.807) is 24.3 Å². The zero-order chi connectivity index (χ0) is 15.1. The van der Waals surface area contributed by atoms with Crippen molar-refractivity contribution in [3.05, 3.63) is 60.2 Å². The maximum absolute atomic E-state index is 11.8. The van der Waals surface area contributed by atoms with Crippen molar-refractivity contribution in [1.82, 2.24) is 0 Å². The minimum Gasteiger partial charge on any atom is -0.351 e. The number of aryl methyl sites for hydroxylation is 1. The van der Waals surface area contributed by atoms with E-state index in [-0.39, 0.29) is 5.91 Å². The molecule has 5 heteroatoms. The molecule has 2 aromatic carbocycles. The first-order chi connectivity index (χ1) is 10.1. The van der Waals surface area contributed by atoms with E-state index in [4.69, 9.17) is 5.73 Å². The van der Waals surface area contributed by atoms with Crippen LogP contribution in [0, 0.1) is 0 Å². The molecule has 0 saturated carbocycles. The van der Waals surface area contributed by atoms with Gasteiger partial charge in [-0.25, -0.2) is 4.79 Å². The summed E-state index contributed by atoms with van der Waals surface area (Å²) in [5.74, 6) is -0.0468. The quantitative estimate of drug-likeness (QED) is 0.788. The minimum atomic E-state index is -0.616. The van der Waals surface area contributed by atoms with Gasteiger partial charge >= 0.3 is 6.03 Å². The number of amides is 3. The molecule has 5 nitrogen and oxygen atoms in total. The van der Waals surface area contributed by atoms with Crippen LogP contribution in [0.15, 0.2) is 54.6 Å². The van der Waals surface area contributed by atoms with Crippen LogP contribution in [0.1, 0.15) is 12.0 Å². The third-order valence-corrected chi connectivity index (χ3v) is 2.92. The summed E-state index contributed by atoms with van der Waals surface area (Å²) in [6.45, 7) is 0. The van der Waals surface area contributed by atoms with Gasteiger partial charge in [0.2, 0.25) is 5.91 Å². The lowest BCUT2D eigenvalue weighted by Crippen LogP contribution is -2.19. The molecule has 0 saturated heterocycles. The first-order valence-electron chi connectivity index (χ1n) is 6.64. The van der Waals surface area contributed by atoms with Gasteiger partial charge in [-0.05, 0) is 36.2 Å². The molecule has 0 heterocycles. The van der Waals surface area contributed by atoms with Gasteiger partial charge in [0.1, 0.15) is 0 Å². The van der Waals surface area contributed by atoms with Crippen LogP contribution in [0.25, 0.3) is 0 Å². The fraction of sp³-hybridized carbons (Fsp3) is 0.125. The average Bonchev–Trinajstić information content (AvgIpc) is 2.48. The molecule has 21 heavy (non-hydrogen) atoms. The Bertz CT molecular complexity index is 609. The molecule has 3 amide bonds. The van der Waals surface area contributed by atoms with E-state index in [2.05, 4.69) is 10.6 Å². The fourth-order valence-electron chi connectivity index (χ4n) is 1.91. The van der Waals surface area contributed by atoms with Gasteiger partial charge < -0.3 is 16.4 Å². The van der Waals surface area contributed by atoms with E-state index in [0.717, 1.165) is 5.56 Å². The Kier molecular flexibility index (Phi) is 4.93. The molecule has 0 aromatic heterocycles. The summed E-state index contributed by atoms with van der Waals surface area (Å²) in [5.41, 5.74) is 7.42. The number of carbonyl (C=O) groups excluding carboxylic acids is 2. The summed E-state index contributed by atoms with van der Waals surface area (Å²) in [5, 5.41) is 5.27. The Hall–Kier alpha value is -2.82. The van der Waals surface area contributed by atoms with Crippen LogP contribution in [0.3, 0.4) is 0 Å². The molecular weight excluding hydrogens is 266 g/mol. The number of nitrogens with one attached hydrogen (secondary N) is 2. The lowest BCUT2D eigenvalue weighted by molar-refractivity contribution is -0.116. The summed E-state index contributed by atoms with van der Waals surface area (Å²) in [4.78, 5) is 22.5. The van der Waals surface area contributed by atoms with Crippen molar-refractivity contribution in [3.8, 4) is 0 Å². The van der Waals surface area contributed by atoms with E-state index < -0.39 is 6.03 Å². The molecule has 0 fully saturated rings. The van der Waals surface area contributed by atoms with Crippen LogP contribution >= 0.6 is 0 Å². The molecule has 0 spiro atoms. The monoisotopic (exact) mass is 283 g/mol. The van der Waals surface area contributed by atoms with Gasteiger partial charge in [0.05, 0.1) is 0 Å². The molecule has 0 aliphatic heterocycles. The summed E-state index contributed by atoms with van der Waals surface area (Å²) in [6, 6.07) is 16.0. The van der Waals surface area contributed by atoms with Crippen LogP contribution in [-0.4, -0.2) is 11.9 Å². The van der Waals surface area contributed by atoms with Gasteiger partial charge in [-0.2, -0.15) is 0 Å². The SMILES string of the molecule is NC(=O)Nc1ccc(NC(=O)CCc2ccccc2)cc1. The Morgan fingerprint density at radius 1 is 0.857 bits per heavy atom. The zero-order valence-corrected chi connectivity index (χ0v) is 11.5. The zero-order valence-electron chi connectivity index (χ0n) is 11.5. The molecule has 4 N–H and O–H groups in total. The number of hydrogen-bond acceptors (Lipinski definition) is 2. The summed E-state index contributed by atoms with van der Waals surface area (Å²) < 4.78 is 0. The van der Waals surface area contributed by atoms with Gasteiger partial charge in [-0.15, -0.1) is 0 Å². The number of benzene rings is 2. The maximum atomic E-state index is 11.8. The third kappa shape index (κ3) is 4.99. The standard InChI is InChI=1S/C16H17N3O2/c17-16(21)19-14-9-7-13(8-10-14)18-15(20)11-6-12-4-2-1-3-5-12/h1-5,7-10H,6,11H2,(H,18,20)(H3,17,19,21). The first kappa shape index (κ1) is 14.6. The van der Waals surface area contributed by atoms with Crippen molar-refractivity contribution < 1.29 is 9.59 Å². The lowest BCUT2D eigenvalue weighted by atomic mass is 10.1. The van der Waals surface area contributed by atoms with Gasteiger partial charge in [-0.1, -0.05) is 30.3 Å². The molecule has 0 radical (unpaired) electrons. The smallest absolute Gasteiger partial charge is 0.316 e. The Balaban J connectivity index is 1.83. The summed E-state index contributed by atoms with van der Waals surface area (Å²) in [7, 11) is 0. The number of urea groups is 1. The fourth-order valence-corrected chi connectivity index (χ4v) is 1.91. The van der Waals surface area contributed by atoms with E-state index >= 15 is 0 Å². The highest BCUT2D eigenvalue weighted by molar-refractivity contribution is 5.92. The third-order valence-electron chi connectivity index (χ3n) is 2.92. The largest absolute Gasteiger partial charge is 0.351 e. The summed E-state index contributed by atoms with van der Waals surface area (Å²) >= 11 is 0. The first-order valence-corrected chi connectivity index (χ1v) is 6.64. The number of rotatable bonds is 5. The highest BCUT2D eigenvalue weighted by Crippen LogP contribution is 2.14. The second-order valence-electron chi connectivity index (χ2n) is 4.60. The Labute approximate surface area is 123 Å². The highest BCUT2D eigenvalue weighted by atomic mass is 16.2. The predicted molar refractivity (Wildman–Crippen MR) is 83.0 cm³/mol. The van der Waals surface area contributed by atoms with Crippen molar-refractivity contribution in [2.45, 2.75) is 12.8 Å². The van der Waals surface area contributed by atoms with Gasteiger partial charge in [0.25, 0.3) is 0 Å². The van der Waals surface area contributed by atoms with Crippen LogP contribution in [0.4, 0.5) is 16.2 Å². The van der Waals surface area contributed by atoms with Crippen LogP contribution < -0.4 is 16.4 Å². The predicted octanol–water partition coefficient (Wildman–Crippen LogP) is 2.75. The molecule has 2 rings (SSSR count). The van der Waals surface area contributed by atoms with Crippen molar-refractivity contribution >= 4 is 23.3 Å². The molecule has 0 atom stereocenters. The number of nitrogens with two attached hydrogens (primary N) is 1. The Morgan fingerprint density at radius 3 is 2.00 bits per heavy atom. The second-order valence-corrected chi connectivity index (χ2v) is 4.60. The highest BCUT2D eigenvalue weighted by Gasteiger charge is 2.03. The average molecular weight is 283 g/mol. The number of anilines is 2. The number of primary amides is 1. The number of carbonyl (C=O) groups is 2. The van der Waals surface area contributed by atoms with E-state index in [1.807, 2.05) is 30.3 Å². The molecule has 2 aromatic rings. The molecule has 108 valence electrons. The molecule has 0 aliphatic carbocycles. The van der Waals surface area contributed by atoms with E-state index in [0.29, 0.717) is 24.2 Å².